The number of amides is 1. The number of rotatable bonds is 11. The van der Waals surface area contributed by atoms with Crippen molar-refractivity contribution < 1.29 is 4.79 Å². The molecule has 1 aromatic carbocycles. The van der Waals surface area contributed by atoms with Crippen molar-refractivity contribution in [3.8, 4) is 11.1 Å². The Bertz CT molecular complexity index is 815. The van der Waals surface area contributed by atoms with Crippen LogP contribution >= 0.6 is 0 Å². The lowest BCUT2D eigenvalue weighted by molar-refractivity contribution is -0.125. The highest BCUT2D eigenvalue weighted by Gasteiger charge is 2.27. The molecule has 32 heavy (non-hydrogen) atoms. The molecule has 0 radical (unpaired) electrons. The van der Waals surface area contributed by atoms with Crippen molar-refractivity contribution in [2.45, 2.75) is 52.9 Å². The number of aromatic nitrogens is 2. The van der Waals surface area contributed by atoms with E-state index in [-0.39, 0.29) is 11.8 Å². The van der Waals surface area contributed by atoms with E-state index in [1.54, 1.807) is 0 Å². The molecule has 1 atom stereocenters. The molecule has 1 fully saturated rings. The number of carbonyl (C=O) groups is 1. The van der Waals surface area contributed by atoms with Gasteiger partial charge in [0, 0.05) is 37.6 Å². The van der Waals surface area contributed by atoms with E-state index in [4.69, 9.17) is 0 Å². The number of aryl methyl sites for hydroxylation is 1. The van der Waals surface area contributed by atoms with Gasteiger partial charge in [0.1, 0.15) is 0 Å². The number of hydrogen-bond donors (Lipinski definition) is 1. The van der Waals surface area contributed by atoms with Gasteiger partial charge < -0.3 is 15.1 Å². The van der Waals surface area contributed by atoms with E-state index in [1.807, 2.05) is 12.4 Å². The SMILES string of the molecule is CCCN(CCC)CCCNC(=O)C1CCCN(c2ncc(-c3ccc(C)cc3)cn2)C1. The number of anilines is 1. The normalized spacial score (nSPS) is 16.4. The lowest BCUT2D eigenvalue weighted by atomic mass is 9.97. The topological polar surface area (TPSA) is 61.4 Å². The van der Waals surface area contributed by atoms with Crippen LogP contribution in [0.4, 0.5) is 5.95 Å². The molecule has 2 heterocycles. The second kappa shape index (κ2) is 12.5. The average molecular weight is 438 g/mol. The number of nitrogens with one attached hydrogen (secondary N) is 1. The van der Waals surface area contributed by atoms with Gasteiger partial charge in [-0.2, -0.15) is 0 Å². The van der Waals surface area contributed by atoms with Gasteiger partial charge >= 0.3 is 0 Å². The number of nitrogens with zero attached hydrogens (tertiary/aromatic N) is 4. The zero-order chi connectivity index (χ0) is 22.8. The van der Waals surface area contributed by atoms with Gasteiger partial charge in [0.05, 0.1) is 5.92 Å². The first kappa shape index (κ1) is 24.2. The van der Waals surface area contributed by atoms with Crippen molar-refractivity contribution in [3.05, 3.63) is 42.2 Å². The summed E-state index contributed by atoms with van der Waals surface area (Å²) in [7, 11) is 0. The molecule has 3 rings (SSSR count). The van der Waals surface area contributed by atoms with Crippen LogP contribution < -0.4 is 10.2 Å². The van der Waals surface area contributed by atoms with Gasteiger partial charge in [-0.25, -0.2) is 9.97 Å². The predicted molar refractivity (Wildman–Crippen MR) is 132 cm³/mol. The minimum absolute atomic E-state index is 0.00603. The molecular weight excluding hydrogens is 398 g/mol. The summed E-state index contributed by atoms with van der Waals surface area (Å²) in [6, 6.07) is 8.39. The summed E-state index contributed by atoms with van der Waals surface area (Å²) in [5.41, 5.74) is 3.37. The number of piperidine rings is 1. The Kier molecular flexibility index (Phi) is 9.47. The molecular formula is C26H39N5O. The zero-order valence-electron chi connectivity index (χ0n) is 20.0. The predicted octanol–water partition coefficient (Wildman–Crippen LogP) is 4.30. The van der Waals surface area contributed by atoms with Crippen LogP contribution in [0.5, 0.6) is 0 Å². The molecule has 0 spiro atoms. The molecule has 1 unspecified atom stereocenters. The Morgan fingerprint density at radius 1 is 1.06 bits per heavy atom. The molecule has 0 aliphatic carbocycles. The quantitative estimate of drug-likeness (QED) is 0.531. The average Bonchev–Trinajstić information content (AvgIpc) is 2.82. The fourth-order valence-corrected chi connectivity index (χ4v) is 4.38. The molecule has 1 amide bonds. The Hall–Kier alpha value is -2.47. The molecule has 1 N–H and O–H groups in total. The van der Waals surface area contributed by atoms with E-state index < -0.39 is 0 Å². The largest absolute Gasteiger partial charge is 0.356 e. The summed E-state index contributed by atoms with van der Waals surface area (Å²) >= 11 is 0. The van der Waals surface area contributed by atoms with E-state index in [2.05, 4.69) is 70.1 Å². The van der Waals surface area contributed by atoms with Crippen molar-refractivity contribution in [3.63, 3.8) is 0 Å². The summed E-state index contributed by atoms with van der Waals surface area (Å²) < 4.78 is 0. The fraction of sp³-hybridized carbons (Fsp3) is 0.577. The molecule has 174 valence electrons. The van der Waals surface area contributed by atoms with E-state index >= 15 is 0 Å². The highest BCUT2D eigenvalue weighted by atomic mass is 16.1. The van der Waals surface area contributed by atoms with Crippen molar-refractivity contribution in [2.24, 2.45) is 5.92 Å². The van der Waals surface area contributed by atoms with Gasteiger partial charge in [-0.1, -0.05) is 43.7 Å². The lowest BCUT2D eigenvalue weighted by Gasteiger charge is -2.32. The molecule has 1 saturated heterocycles. The van der Waals surface area contributed by atoms with E-state index in [9.17, 15) is 4.79 Å². The fourth-order valence-electron chi connectivity index (χ4n) is 4.38. The molecule has 0 saturated carbocycles. The first-order valence-electron chi connectivity index (χ1n) is 12.2. The Morgan fingerprint density at radius 3 is 2.41 bits per heavy atom. The standard InChI is InChI=1S/C26H39N5O/c1-4-14-30(15-5-2)16-7-13-27-25(32)23-8-6-17-31(20-23)26-28-18-24(19-29-26)22-11-9-21(3)10-12-22/h9-12,18-19,23H,4-8,13-17,20H2,1-3H3,(H,27,32). The van der Waals surface area contributed by atoms with E-state index in [0.29, 0.717) is 12.5 Å². The van der Waals surface area contributed by atoms with E-state index in [0.717, 1.165) is 63.1 Å². The zero-order valence-corrected chi connectivity index (χ0v) is 20.0. The van der Waals surface area contributed by atoms with Crippen LogP contribution in [0.2, 0.25) is 0 Å². The third kappa shape index (κ3) is 7.02. The van der Waals surface area contributed by atoms with Crippen LogP contribution in [0, 0.1) is 12.8 Å². The molecule has 1 aromatic heterocycles. The molecule has 0 bridgehead atoms. The van der Waals surface area contributed by atoms with Crippen molar-refractivity contribution in [2.75, 3.05) is 44.2 Å². The number of hydrogen-bond acceptors (Lipinski definition) is 5. The summed E-state index contributed by atoms with van der Waals surface area (Å²) in [6.07, 6.45) is 9.05. The Labute approximate surface area is 193 Å². The Balaban J connectivity index is 1.48. The van der Waals surface area contributed by atoms with Gasteiger partial charge in [0.2, 0.25) is 11.9 Å². The van der Waals surface area contributed by atoms with E-state index in [1.165, 1.54) is 18.4 Å². The second-order valence-corrected chi connectivity index (χ2v) is 8.91. The van der Waals surface area contributed by atoms with Gasteiger partial charge in [-0.15, -0.1) is 0 Å². The summed E-state index contributed by atoms with van der Waals surface area (Å²) in [5.74, 6) is 0.892. The van der Waals surface area contributed by atoms with Crippen molar-refractivity contribution in [1.82, 2.24) is 20.2 Å². The molecule has 6 nitrogen and oxygen atoms in total. The van der Waals surface area contributed by atoms with Crippen LogP contribution in [0.3, 0.4) is 0 Å². The van der Waals surface area contributed by atoms with Gasteiger partial charge in [0.25, 0.3) is 0 Å². The third-order valence-electron chi connectivity index (χ3n) is 6.13. The van der Waals surface area contributed by atoms with Gasteiger partial charge in [-0.05, 0) is 64.2 Å². The van der Waals surface area contributed by atoms with Crippen LogP contribution in [-0.4, -0.2) is 60.0 Å². The maximum atomic E-state index is 12.7. The summed E-state index contributed by atoms with van der Waals surface area (Å²) in [6.45, 7) is 12.2. The van der Waals surface area contributed by atoms with Crippen LogP contribution in [0.1, 0.15) is 51.5 Å². The maximum absolute atomic E-state index is 12.7. The summed E-state index contributed by atoms with van der Waals surface area (Å²) in [5, 5.41) is 3.17. The highest BCUT2D eigenvalue weighted by molar-refractivity contribution is 5.79. The monoisotopic (exact) mass is 437 g/mol. The Morgan fingerprint density at radius 2 is 1.75 bits per heavy atom. The van der Waals surface area contributed by atoms with Crippen molar-refractivity contribution in [1.29, 1.82) is 0 Å². The molecule has 1 aliphatic heterocycles. The lowest BCUT2D eigenvalue weighted by Crippen LogP contribution is -2.44. The minimum Gasteiger partial charge on any atom is -0.356 e. The molecule has 6 heteroatoms. The van der Waals surface area contributed by atoms with Gasteiger partial charge in [-0.3, -0.25) is 4.79 Å². The van der Waals surface area contributed by atoms with Crippen molar-refractivity contribution >= 4 is 11.9 Å². The van der Waals surface area contributed by atoms with Gasteiger partial charge in [0.15, 0.2) is 0 Å². The molecule has 1 aliphatic rings. The van der Waals surface area contributed by atoms with Crippen LogP contribution in [0.25, 0.3) is 11.1 Å². The highest BCUT2D eigenvalue weighted by Crippen LogP contribution is 2.23. The molecule has 2 aromatic rings. The van der Waals surface area contributed by atoms with Crippen LogP contribution in [0.15, 0.2) is 36.7 Å². The number of benzene rings is 1. The smallest absolute Gasteiger partial charge is 0.225 e. The minimum atomic E-state index is 0.00603. The third-order valence-corrected chi connectivity index (χ3v) is 6.13. The summed E-state index contributed by atoms with van der Waals surface area (Å²) in [4.78, 5) is 26.6. The second-order valence-electron chi connectivity index (χ2n) is 8.91. The maximum Gasteiger partial charge on any atom is 0.225 e. The number of carbonyl (C=O) groups excluding carboxylic acids is 1. The van der Waals surface area contributed by atoms with Crippen LogP contribution in [-0.2, 0) is 4.79 Å². The first-order valence-corrected chi connectivity index (χ1v) is 12.2. The first-order chi connectivity index (χ1) is 15.6.